The van der Waals surface area contributed by atoms with E-state index in [9.17, 15) is 0 Å². The highest BCUT2D eigenvalue weighted by atomic mass is 79.9. The number of nitrogens with one attached hydrogen (secondary N) is 1. The monoisotopic (exact) mass is 323 g/mol. The van der Waals surface area contributed by atoms with Gasteiger partial charge in [0.05, 0.1) is 5.69 Å². The van der Waals surface area contributed by atoms with Gasteiger partial charge in [0.15, 0.2) is 0 Å². The lowest BCUT2D eigenvalue weighted by Gasteiger charge is -2.45. The van der Waals surface area contributed by atoms with E-state index in [1.54, 1.807) is 0 Å². The molecule has 1 saturated heterocycles. The van der Waals surface area contributed by atoms with Gasteiger partial charge in [0.1, 0.15) is 0 Å². The smallest absolute Gasteiger partial charge is 0.0544 e. The quantitative estimate of drug-likeness (QED) is 0.907. The minimum Gasteiger partial charge on any atom is -0.308 e. The molecule has 3 rings (SSSR count). The minimum atomic E-state index is 0.391. The molecule has 1 aromatic rings. The highest BCUT2D eigenvalue weighted by Gasteiger charge is 2.39. The molecule has 1 N–H and O–H groups in total. The van der Waals surface area contributed by atoms with Crippen LogP contribution in [0.15, 0.2) is 22.8 Å². The van der Waals surface area contributed by atoms with Gasteiger partial charge in [-0.15, -0.1) is 0 Å². The Morgan fingerprint density at radius 3 is 2.89 bits per heavy atom. The largest absolute Gasteiger partial charge is 0.308 e. The average Bonchev–Trinajstić information content (AvgIpc) is 2.85. The van der Waals surface area contributed by atoms with Crippen LogP contribution in [0.1, 0.15) is 38.3 Å². The molecule has 2 aliphatic rings. The van der Waals surface area contributed by atoms with Crippen molar-refractivity contribution in [3.05, 3.63) is 28.5 Å². The van der Waals surface area contributed by atoms with Crippen LogP contribution in [-0.4, -0.2) is 34.6 Å². The van der Waals surface area contributed by atoms with E-state index in [4.69, 9.17) is 0 Å². The molecule has 1 saturated carbocycles. The van der Waals surface area contributed by atoms with E-state index in [0.717, 1.165) is 17.6 Å². The van der Waals surface area contributed by atoms with Gasteiger partial charge in [0.2, 0.25) is 0 Å². The lowest BCUT2D eigenvalue weighted by Crippen LogP contribution is -2.62. The number of hydrogen-bond donors (Lipinski definition) is 1. The van der Waals surface area contributed by atoms with Crippen LogP contribution < -0.4 is 5.32 Å². The average molecular weight is 324 g/mol. The number of aromatic nitrogens is 1. The third kappa shape index (κ3) is 3.01. The molecule has 1 unspecified atom stereocenters. The topological polar surface area (TPSA) is 28.2 Å². The molecule has 1 aliphatic heterocycles. The highest BCUT2D eigenvalue weighted by molar-refractivity contribution is 9.10. The summed E-state index contributed by atoms with van der Waals surface area (Å²) in [4.78, 5) is 7.11. The fraction of sp³-hybridized carbons (Fsp3) is 0.667. The summed E-state index contributed by atoms with van der Waals surface area (Å²) in [5.41, 5.74) is 1.56. The Labute approximate surface area is 123 Å². The van der Waals surface area contributed by atoms with E-state index in [1.165, 1.54) is 37.9 Å². The zero-order valence-corrected chi connectivity index (χ0v) is 13.1. The number of hydrogen-bond acceptors (Lipinski definition) is 3. The van der Waals surface area contributed by atoms with Crippen molar-refractivity contribution < 1.29 is 0 Å². The van der Waals surface area contributed by atoms with Crippen LogP contribution >= 0.6 is 15.9 Å². The first kappa shape index (κ1) is 13.5. The Bertz CT molecular complexity index is 426. The standard InChI is InChI=1S/C15H22BrN3/c1-12-8-18-15(6-2-3-7-15)11-19(12)10-14-5-4-13(16)9-17-14/h4-5,9,12,18H,2-3,6-8,10-11H2,1H3. The Hall–Kier alpha value is -0.450. The predicted octanol–water partition coefficient (Wildman–Crippen LogP) is 2.95. The molecule has 0 radical (unpaired) electrons. The zero-order chi connectivity index (χ0) is 13.3. The maximum atomic E-state index is 4.51. The lowest BCUT2D eigenvalue weighted by atomic mass is 9.92. The van der Waals surface area contributed by atoms with Crippen LogP contribution in [0.4, 0.5) is 0 Å². The molecule has 1 atom stereocenters. The van der Waals surface area contributed by atoms with Crippen molar-refractivity contribution in [2.75, 3.05) is 13.1 Å². The molecule has 2 heterocycles. The summed E-state index contributed by atoms with van der Waals surface area (Å²) in [7, 11) is 0. The molecule has 1 aromatic heterocycles. The summed E-state index contributed by atoms with van der Waals surface area (Å²) in [6.45, 7) is 5.56. The van der Waals surface area contributed by atoms with Crippen molar-refractivity contribution in [1.29, 1.82) is 0 Å². The third-order valence-corrected chi connectivity index (χ3v) is 5.09. The maximum absolute atomic E-state index is 4.51. The fourth-order valence-electron chi connectivity index (χ4n) is 3.40. The Kier molecular flexibility index (Phi) is 3.92. The molecule has 3 nitrogen and oxygen atoms in total. The number of rotatable bonds is 2. The van der Waals surface area contributed by atoms with E-state index in [2.05, 4.69) is 50.2 Å². The summed E-state index contributed by atoms with van der Waals surface area (Å²) < 4.78 is 1.05. The molecule has 19 heavy (non-hydrogen) atoms. The zero-order valence-electron chi connectivity index (χ0n) is 11.5. The van der Waals surface area contributed by atoms with Crippen molar-refractivity contribution in [1.82, 2.24) is 15.2 Å². The van der Waals surface area contributed by atoms with Gasteiger partial charge >= 0.3 is 0 Å². The second kappa shape index (κ2) is 5.51. The number of pyridine rings is 1. The number of nitrogens with zero attached hydrogens (tertiary/aromatic N) is 2. The molecule has 104 valence electrons. The van der Waals surface area contributed by atoms with Gasteiger partial charge < -0.3 is 5.32 Å². The van der Waals surface area contributed by atoms with Gasteiger partial charge in [-0.2, -0.15) is 0 Å². The van der Waals surface area contributed by atoms with E-state index in [0.29, 0.717) is 11.6 Å². The van der Waals surface area contributed by atoms with Crippen LogP contribution in [0.5, 0.6) is 0 Å². The maximum Gasteiger partial charge on any atom is 0.0544 e. The first-order chi connectivity index (χ1) is 9.17. The molecular weight excluding hydrogens is 302 g/mol. The Morgan fingerprint density at radius 2 is 2.21 bits per heavy atom. The van der Waals surface area contributed by atoms with E-state index >= 15 is 0 Å². The van der Waals surface area contributed by atoms with Crippen LogP contribution in [-0.2, 0) is 6.54 Å². The van der Waals surface area contributed by atoms with Crippen LogP contribution in [0.2, 0.25) is 0 Å². The molecule has 0 amide bonds. The molecule has 1 spiro atoms. The second-order valence-corrected chi connectivity index (χ2v) is 7.01. The summed E-state index contributed by atoms with van der Waals surface area (Å²) in [5, 5.41) is 3.80. The van der Waals surface area contributed by atoms with Gasteiger partial charge in [0.25, 0.3) is 0 Å². The first-order valence-corrected chi connectivity index (χ1v) is 8.06. The minimum absolute atomic E-state index is 0.391. The fourth-order valence-corrected chi connectivity index (χ4v) is 3.63. The molecule has 2 fully saturated rings. The molecular formula is C15H22BrN3. The van der Waals surface area contributed by atoms with Gasteiger partial charge in [-0.1, -0.05) is 12.8 Å². The predicted molar refractivity (Wildman–Crippen MR) is 81.0 cm³/mol. The number of halogens is 1. The van der Waals surface area contributed by atoms with Gasteiger partial charge in [-0.05, 0) is 47.8 Å². The first-order valence-electron chi connectivity index (χ1n) is 7.26. The summed E-state index contributed by atoms with van der Waals surface area (Å²) in [6.07, 6.45) is 7.33. The molecule has 1 aliphatic carbocycles. The van der Waals surface area contributed by atoms with Crippen molar-refractivity contribution in [3.8, 4) is 0 Å². The van der Waals surface area contributed by atoms with Gasteiger partial charge in [0, 0.05) is 41.9 Å². The summed E-state index contributed by atoms with van der Waals surface area (Å²) >= 11 is 3.45. The summed E-state index contributed by atoms with van der Waals surface area (Å²) in [6, 6.07) is 4.80. The Morgan fingerprint density at radius 1 is 1.42 bits per heavy atom. The summed E-state index contributed by atoms with van der Waals surface area (Å²) in [5.74, 6) is 0. The van der Waals surface area contributed by atoms with Crippen LogP contribution in [0, 0.1) is 0 Å². The lowest BCUT2D eigenvalue weighted by molar-refractivity contribution is 0.0816. The van der Waals surface area contributed by atoms with Crippen molar-refractivity contribution in [3.63, 3.8) is 0 Å². The Balaban J connectivity index is 1.69. The normalized spacial score (nSPS) is 26.9. The van der Waals surface area contributed by atoms with E-state index < -0.39 is 0 Å². The number of piperazine rings is 1. The highest BCUT2D eigenvalue weighted by Crippen LogP contribution is 2.33. The van der Waals surface area contributed by atoms with Crippen molar-refractivity contribution in [2.24, 2.45) is 0 Å². The molecule has 4 heteroatoms. The second-order valence-electron chi connectivity index (χ2n) is 6.09. The van der Waals surface area contributed by atoms with Gasteiger partial charge in [-0.3, -0.25) is 9.88 Å². The SMILES string of the molecule is CC1CNC2(CCCC2)CN1Cc1ccc(Br)cn1. The van der Waals surface area contributed by atoms with E-state index in [1.807, 2.05) is 6.20 Å². The van der Waals surface area contributed by atoms with Crippen LogP contribution in [0.25, 0.3) is 0 Å². The third-order valence-electron chi connectivity index (χ3n) is 4.62. The molecule has 0 aromatic carbocycles. The molecule has 0 bridgehead atoms. The van der Waals surface area contributed by atoms with Crippen molar-refractivity contribution in [2.45, 2.75) is 50.7 Å². The van der Waals surface area contributed by atoms with Crippen molar-refractivity contribution >= 4 is 15.9 Å². The van der Waals surface area contributed by atoms with E-state index in [-0.39, 0.29) is 0 Å². The van der Waals surface area contributed by atoms with Crippen LogP contribution in [0.3, 0.4) is 0 Å². The van der Waals surface area contributed by atoms with Gasteiger partial charge in [-0.25, -0.2) is 0 Å².